The van der Waals surface area contributed by atoms with Crippen molar-refractivity contribution in [3.05, 3.63) is 0 Å². The van der Waals surface area contributed by atoms with E-state index in [0.29, 0.717) is 12.5 Å². The summed E-state index contributed by atoms with van der Waals surface area (Å²) in [6.45, 7) is 6.30. The van der Waals surface area contributed by atoms with Gasteiger partial charge in [0.25, 0.3) is 0 Å². The van der Waals surface area contributed by atoms with Gasteiger partial charge in [0.05, 0.1) is 6.04 Å². The zero-order valence-corrected chi connectivity index (χ0v) is 11.3. The molecule has 1 fully saturated rings. The molecule has 0 aromatic carbocycles. The molecule has 0 aromatic heterocycles. The largest absolute Gasteiger partial charge is 0.481 e. The van der Waals surface area contributed by atoms with Crippen molar-refractivity contribution in [3.63, 3.8) is 0 Å². The van der Waals surface area contributed by atoms with E-state index >= 15 is 0 Å². The Morgan fingerprint density at radius 1 is 1.39 bits per heavy atom. The van der Waals surface area contributed by atoms with Gasteiger partial charge >= 0.3 is 5.97 Å². The smallest absolute Gasteiger partial charge is 0.303 e. The normalized spacial score (nSPS) is 19.4. The fraction of sp³-hybridized carbons (Fsp3) is 0.846. The van der Waals surface area contributed by atoms with Gasteiger partial charge in [-0.1, -0.05) is 0 Å². The standard InChI is InChI=1S/C13H24N2O3/c1-3-14-13(18)10(2)15-8-6-11(7-9-15)4-5-12(16)17/h10-11H,3-9H2,1-2H3,(H,14,18)(H,16,17). The van der Waals surface area contributed by atoms with Crippen LogP contribution < -0.4 is 5.32 Å². The van der Waals surface area contributed by atoms with Crippen LogP contribution in [-0.2, 0) is 9.59 Å². The Labute approximate surface area is 109 Å². The van der Waals surface area contributed by atoms with Gasteiger partial charge in [0.15, 0.2) is 0 Å². The maximum absolute atomic E-state index is 11.7. The van der Waals surface area contributed by atoms with E-state index in [1.807, 2.05) is 13.8 Å². The lowest BCUT2D eigenvalue weighted by molar-refractivity contribution is -0.137. The van der Waals surface area contributed by atoms with Crippen molar-refractivity contribution in [1.29, 1.82) is 0 Å². The summed E-state index contributed by atoms with van der Waals surface area (Å²) in [5.74, 6) is -0.131. The minimum atomic E-state index is -0.715. The molecule has 0 spiro atoms. The molecule has 0 bridgehead atoms. The molecule has 1 heterocycles. The molecule has 5 heteroatoms. The van der Waals surface area contributed by atoms with Crippen LogP contribution in [-0.4, -0.2) is 47.6 Å². The third kappa shape index (κ3) is 4.64. The average Bonchev–Trinajstić information content (AvgIpc) is 2.36. The summed E-state index contributed by atoms with van der Waals surface area (Å²) >= 11 is 0. The van der Waals surface area contributed by atoms with Crippen molar-refractivity contribution in [2.24, 2.45) is 5.92 Å². The maximum atomic E-state index is 11.7. The molecule has 0 aromatic rings. The van der Waals surface area contributed by atoms with E-state index in [1.54, 1.807) is 0 Å². The van der Waals surface area contributed by atoms with Gasteiger partial charge in [-0.15, -0.1) is 0 Å². The quantitative estimate of drug-likeness (QED) is 0.746. The third-order valence-electron chi connectivity index (χ3n) is 3.69. The molecule has 1 saturated heterocycles. The van der Waals surface area contributed by atoms with Gasteiger partial charge in [0.1, 0.15) is 0 Å². The van der Waals surface area contributed by atoms with Gasteiger partial charge in [0.2, 0.25) is 5.91 Å². The number of likely N-dealkylation sites (N-methyl/N-ethyl adjacent to an activating group) is 1. The highest BCUT2D eigenvalue weighted by Crippen LogP contribution is 2.23. The number of rotatable bonds is 6. The maximum Gasteiger partial charge on any atom is 0.303 e. The fourth-order valence-corrected chi connectivity index (χ4v) is 2.44. The number of nitrogens with zero attached hydrogens (tertiary/aromatic N) is 1. The van der Waals surface area contributed by atoms with Crippen LogP contribution in [0.4, 0.5) is 0 Å². The summed E-state index contributed by atoms with van der Waals surface area (Å²) in [4.78, 5) is 24.4. The molecule has 1 aliphatic rings. The Morgan fingerprint density at radius 2 is 2.00 bits per heavy atom. The zero-order chi connectivity index (χ0) is 13.5. The molecule has 1 aliphatic heterocycles. The first-order valence-corrected chi connectivity index (χ1v) is 6.78. The number of hydrogen-bond acceptors (Lipinski definition) is 3. The van der Waals surface area contributed by atoms with Crippen LogP contribution in [0.2, 0.25) is 0 Å². The molecule has 0 radical (unpaired) electrons. The number of carbonyl (C=O) groups excluding carboxylic acids is 1. The summed E-state index contributed by atoms with van der Waals surface area (Å²) in [6, 6.07) is -0.0784. The van der Waals surface area contributed by atoms with Crippen LogP contribution in [0, 0.1) is 5.92 Å². The summed E-state index contributed by atoms with van der Waals surface area (Å²) in [5.41, 5.74) is 0. The molecule has 104 valence electrons. The molecule has 1 amide bonds. The predicted octanol–water partition coefficient (Wildman–Crippen LogP) is 1.09. The highest BCUT2D eigenvalue weighted by atomic mass is 16.4. The Morgan fingerprint density at radius 3 is 2.50 bits per heavy atom. The van der Waals surface area contributed by atoms with Crippen molar-refractivity contribution < 1.29 is 14.7 Å². The number of carboxylic acid groups (broad SMARTS) is 1. The summed E-state index contributed by atoms with van der Waals surface area (Å²) < 4.78 is 0. The van der Waals surface area contributed by atoms with Gasteiger partial charge in [0, 0.05) is 13.0 Å². The summed E-state index contributed by atoms with van der Waals surface area (Å²) in [7, 11) is 0. The van der Waals surface area contributed by atoms with Crippen molar-refractivity contribution in [2.75, 3.05) is 19.6 Å². The second-order valence-electron chi connectivity index (χ2n) is 4.98. The molecule has 2 N–H and O–H groups in total. The predicted molar refractivity (Wildman–Crippen MR) is 69.3 cm³/mol. The van der Waals surface area contributed by atoms with E-state index in [4.69, 9.17) is 5.11 Å². The molecule has 0 aliphatic carbocycles. The Balaban J connectivity index is 2.30. The SMILES string of the molecule is CCNC(=O)C(C)N1CCC(CCC(=O)O)CC1. The van der Waals surface area contributed by atoms with Crippen molar-refractivity contribution in [3.8, 4) is 0 Å². The minimum Gasteiger partial charge on any atom is -0.481 e. The molecule has 1 unspecified atom stereocenters. The van der Waals surface area contributed by atoms with E-state index in [1.165, 1.54) is 0 Å². The number of amides is 1. The molecular formula is C13H24N2O3. The molecule has 18 heavy (non-hydrogen) atoms. The molecule has 0 saturated carbocycles. The second kappa shape index (κ2) is 7.36. The van der Waals surface area contributed by atoms with Gasteiger partial charge in [-0.3, -0.25) is 14.5 Å². The third-order valence-corrected chi connectivity index (χ3v) is 3.69. The highest BCUT2D eigenvalue weighted by molar-refractivity contribution is 5.81. The van der Waals surface area contributed by atoms with E-state index in [-0.39, 0.29) is 18.4 Å². The van der Waals surface area contributed by atoms with Crippen LogP contribution >= 0.6 is 0 Å². The van der Waals surface area contributed by atoms with Crippen LogP contribution in [0.15, 0.2) is 0 Å². The van der Waals surface area contributed by atoms with Gasteiger partial charge in [-0.05, 0) is 52.1 Å². The fourth-order valence-electron chi connectivity index (χ4n) is 2.44. The first kappa shape index (κ1) is 15.0. The first-order valence-electron chi connectivity index (χ1n) is 6.78. The number of piperidine rings is 1. The van der Waals surface area contributed by atoms with Crippen molar-refractivity contribution >= 4 is 11.9 Å². The summed E-state index contributed by atoms with van der Waals surface area (Å²) in [6.07, 6.45) is 3.02. The molecule has 5 nitrogen and oxygen atoms in total. The second-order valence-corrected chi connectivity index (χ2v) is 4.98. The van der Waals surface area contributed by atoms with Gasteiger partial charge in [-0.25, -0.2) is 0 Å². The number of hydrogen-bond donors (Lipinski definition) is 2. The minimum absolute atomic E-state index is 0.0784. The van der Waals surface area contributed by atoms with E-state index in [2.05, 4.69) is 10.2 Å². The summed E-state index contributed by atoms with van der Waals surface area (Å²) in [5, 5.41) is 11.5. The van der Waals surface area contributed by atoms with Crippen LogP contribution in [0.25, 0.3) is 0 Å². The molecular weight excluding hydrogens is 232 g/mol. The van der Waals surface area contributed by atoms with Gasteiger partial charge < -0.3 is 10.4 Å². The van der Waals surface area contributed by atoms with E-state index < -0.39 is 5.97 Å². The zero-order valence-electron chi connectivity index (χ0n) is 11.3. The number of aliphatic carboxylic acids is 1. The van der Waals surface area contributed by atoms with Gasteiger partial charge in [-0.2, -0.15) is 0 Å². The Kier molecular flexibility index (Phi) is 6.12. The lowest BCUT2D eigenvalue weighted by Gasteiger charge is -2.35. The van der Waals surface area contributed by atoms with E-state index in [0.717, 1.165) is 32.4 Å². The number of carboxylic acids is 1. The highest BCUT2D eigenvalue weighted by Gasteiger charge is 2.26. The van der Waals surface area contributed by atoms with Crippen LogP contribution in [0.1, 0.15) is 39.5 Å². The van der Waals surface area contributed by atoms with Crippen LogP contribution in [0.5, 0.6) is 0 Å². The van der Waals surface area contributed by atoms with Crippen molar-refractivity contribution in [1.82, 2.24) is 10.2 Å². The monoisotopic (exact) mass is 256 g/mol. The molecule has 1 rings (SSSR count). The van der Waals surface area contributed by atoms with Crippen molar-refractivity contribution in [2.45, 2.75) is 45.6 Å². The van der Waals surface area contributed by atoms with Crippen LogP contribution in [0.3, 0.4) is 0 Å². The Hall–Kier alpha value is -1.10. The lowest BCUT2D eigenvalue weighted by Crippen LogP contribution is -2.48. The number of nitrogens with one attached hydrogen (secondary N) is 1. The first-order chi connectivity index (χ1) is 8.54. The average molecular weight is 256 g/mol. The molecule has 1 atom stereocenters. The topological polar surface area (TPSA) is 69.6 Å². The van der Waals surface area contributed by atoms with E-state index in [9.17, 15) is 9.59 Å². The number of carbonyl (C=O) groups is 2. The lowest BCUT2D eigenvalue weighted by atomic mass is 9.91. The number of likely N-dealkylation sites (tertiary alicyclic amines) is 1. The Bertz CT molecular complexity index is 286.